The van der Waals surface area contributed by atoms with Crippen molar-refractivity contribution in [2.45, 2.75) is 19.5 Å². The molecule has 0 aliphatic carbocycles. The molecule has 0 saturated heterocycles. The lowest BCUT2D eigenvalue weighted by Gasteiger charge is -2.31. The first kappa shape index (κ1) is 12.5. The number of benzene rings is 1. The van der Waals surface area contributed by atoms with Gasteiger partial charge in [-0.1, -0.05) is 0 Å². The minimum atomic E-state index is -0.921. The molecule has 0 bridgehead atoms. The van der Waals surface area contributed by atoms with Crippen molar-refractivity contribution in [2.24, 2.45) is 0 Å². The van der Waals surface area contributed by atoms with E-state index in [4.69, 9.17) is 5.11 Å². The first-order valence-electron chi connectivity index (χ1n) is 5.94. The fourth-order valence-corrected chi connectivity index (χ4v) is 3.09. The summed E-state index contributed by atoms with van der Waals surface area (Å²) in [5.74, 6) is -0.304. The topological polar surface area (TPSA) is 45.5 Å². The van der Waals surface area contributed by atoms with Crippen LogP contribution >= 0.6 is 15.9 Å². The summed E-state index contributed by atoms with van der Waals surface area (Å²) in [6.45, 7) is 2.70. The van der Waals surface area contributed by atoms with Gasteiger partial charge in [0, 0.05) is 23.7 Å². The maximum Gasteiger partial charge on any atom is 0.407 e. The van der Waals surface area contributed by atoms with E-state index in [-0.39, 0.29) is 11.9 Å². The Kier molecular flexibility index (Phi) is 2.78. The number of amides is 1. The van der Waals surface area contributed by atoms with Gasteiger partial charge in [-0.15, -0.1) is 0 Å². The molecule has 0 radical (unpaired) electrons. The highest BCUT2D eigenvalue weighted by atomic mass is 79.9. The Bertz CT molecular complexity index is 683. The van der Waals surface area contributed by atoms with Gasteiger partial charge in [-0.2, -0.15) is 0 Å². The van der Waals surface area contributed by atoms with E-state index in [1.54, 1.807) is 6.07 Å². The summed E-state index contributed by atoms with van der Waals surface area (Å²) >= 11 is 3.17. The molecule has 3 rings (SSSR count). The number of hydrogen-bond donors (Lipinski definition) is 1. The second kappa shape index (κ2) is 4.23. The number of rotatable bonds is 0. The maximum atomic E-state index is 13.7. The number of hydrogen-bond acceptors (Lipinski definition) is 1. The normalized spacial score (nSPS) is 18.7. The average molecular weight is 327 g/mol. The Hall–Kier alpha value is -1.56. The molecule has 4 nitrogen and oxygen atoms in total. The van der Waals surface area contributed by atoms with Crippen LogP contribution in [0.3, 0.4) is 0 Å². The molecule has 100 valence electrons. The molecule has 2 aromatic rings. The maximum absolute atomic E-state index is 13.7. The molecule has 1 N–H and O–H groups in total. The zero-order chi connectivity index (χ0) is 13.7. The zero-order valence-electron chi connectivity index (χ0n) is 10.2. The minimum Gasteiger partial charge on any atom is -0.465 e. The van der Waals surface area contributed by atoms with E-state index in [0.29, 0.717) is 17.6 Å². The first-order chi connectivity index (χ1) is 8.97. The van der Waals surface area contributed by atoms with E-state index in [0.717, 1.165) is 16.6 Å². The van der Waals surface area contributed by atoms with E-state index in [9.17, 15) is 9.18 Å². The van der Waals surface area contributed by atoms with Crippen molar-refractivity contribution in [1.29, 1.82) is 0 Å². The van der Waals surface area contributed by atoms with Crippen LogP contribution < -0.4 is 0 Å². The van der Waals surface area contributed by atoms with E-state index < -0.39 is 6.09 Å². The smallest absolute Gasteiger partial charge is 0.407 e. The van der Waals surface area contributed by atoms with Gasteiger partial charge in [0.15, 0.2) is 0 Å². The number of nitrogens with zero attached hydrogens (tertiary/aromatic N) is 2. The van der Waals surface area contributed by atoms with E-state index >= 15 is 0 Å². The fraction of sp³-hybridized carbons (Fsp3) is 0.308. The third-order valence-electron chi connectivity index (χ3n) is 3.51. The van der Waals surface area contributed by atoms with Crippen LogP contribution in [0.25, 0.3) is 10.9 Å². The summed E-state index contributed by atoms with van der Waals surface area (Å²) in [5.41, 5.74) is 1.71. The lowest BCUT2D eigenvalue weighted by molar-refractivity contribution is 0.126. The number of carboxylic acid groups (broad SMARTS) is 1. The molecule has 1 aliphatic rings. The minimum absolute atomic E-state index is 0.00192. The number of fused-ring (bicyclic) bond motifs is 3. The molecular weight excluding hydrogens is 315 g/mol. The highest BCUT2D eigenvalue weighted by molar-refractivity contribution is 9.10. The van der Waals surface area contributed by atoms with Crippen LogP contribution in [-0.2, 0) is 6.54 Å². The Labute approximate surface area is 117 Å². The van der Waals surface area contributed by atoms with Crippen LogP contribution in [0.1, 0.15) is 18.7 Å². The monoisotopic (exact) mass is 326 g/mol. The molecule has 0 unspecified atom stereocenters. The molecule has 0 spiro atoms. The lowest BCUT2D eigenvalue weighted by atomic mass is 10.2. The largest absolute Gasteiger partial charge is 0.465 e. The predicted octanol–water partition coefficient (Wildman–Crippen LogP) is 3.60. The summed E-state index contributed by atoms with van der Waals surface area (Å²) in [6.07, 6.45) is -0.921. The van der Waals surface area contributed by atoms with Crippen LogP contribution in [0.15, 0.2) is 22.7 Å². The second-order valence-corrected chi connectivity index (χ2v) is 5.70. The Balaban J connectivity index is 2.18. The summed E-state index contributed by atoms with van der Waals surface area (Å²) < 4.78 is 16.1. The van der Waals surface area contributed by atoms with Crippen LogP contribution in [-0.4, -0.2) is 27.2 Å². The standard InChI is InChI=1S/C13H12BrFN2O2/c1-7-5-16(13(18)19)6-9-2-8-3-10(14)11(15)4-12(8)17(7)9/h2-4,7H,5-6H2,1H3,(H,18,19)/t7-/m1/s1. The summed E-state index contributed by atoms with van der Waals surface area (Å²) in [5, 5.41) is 10.0. The molecule has 19 heavy (non-hydrogen) atoms. The van der Waals surface area contributed by atoms with Crippen LogP contribution in [0, 0.1) is 5.82 Å². The fourth-order valence-electron chi connectivity index (χ4n) is 2.73. The number of carbonyl (C=O) groups is 1. The third kappa shape index (κ3) is 1.90. The molecule has 6 heteroatoms. The van der Waals surface area contributed by atoms with E-state index in [1.807, 2.05) is 17.6 Å². The Morgan fingerprint density at radius 1 is 1.47 bits per heavy atom. The predicted molar refractivity (Wildman–Crippen MR) is 72.7 cm³/mol. The van der Waals surface area contributed by atoms with Gasteiger partial charge >= 0.3 is 6.09 Å². The van der Waals surface area contributed by atoms with Gasteiger partial charge in [-0.25, -0.2) is 9.18 Å². The highest BCUT2D eigenvalue weighted by Gasteiger charge is 2.27. The molecule has 1 atom stereocenters. The average Bonchev–Trinajstić information content (AvgIpc) is 2.67. The molecule has 1 aromatic heterocycles. The Morgan fingerprint density at radius 3 is 2.89 bits per heavy atom. The van der Waals surface area contributed by atoms with Gasteiger partial charge < -0.3 is 14.6 Å². The summed E-state index contributed by atoms with van der Waals surface area (Å²) in [6, 6.07) is 5.15. The molecule has 0 saturated carbocycles. The summed E-state index contributed by atoms with van der Waals surface area (Å²) in [7, 11) is 0. The van der Waals surface area contributed by atoms with Crippen molar-refractivity contribution in [1.82, 2.24) is 9.47 Å². The van der Waals surface area contributed by atoms with Crippen LogP contribution in [0.2, 0.25) is 0 Å². The van der Waals surface area contributed by atoms with E-state index in [1.165, 1.54) is 11.0 Å². The van der Waals surface area contributed by atoms with Gasteiger partial charge in [-0.05, 0) is 41.1 Å². The zero-order valence-corrected chi connectivity index (χ0v) is 11.8. The van der Waals surface area contributed by atoms with Crippen LogP contribution in [0.4, 0.5) is 9.18 Å². The summed E-state index contributed by atoms with van der Waals surface area (Å²) in [4.78, 5) is 12.5. The third-order valence-corrected chi connectivity index (χ3v) is 4.12. The van der Waals surface area contributed by atoms with Gasteiger partial charge in [-0.3, -0.25) is 0 Å². The molecule has 1 aliphatic heterocycles. The SMILES string of the molecule is C[C@@H]1CN(C(=O)O)Cc2cc3cc(Br)c(F)cc3n21. The molecule has 1 aromatic carbocycles. The van der Waals surface area contributed by atoms with Gasteiger partial charge in [0.25, 0.3) is 0 Å². The van der Waals surface area contributed by atoms with Crippen molar-refractivity contribution in [3.8, 4) is 0 Å². The molecular formula is C13H12BrFN2O2. The van der Waals surface area contributed by atoms with Crippen LogP contribution in [0.5, 0.6) is 0 Å². The first-order valence-corrected chi connectivity index (χ1v) is 6.73. The number of halogens is 2. The highest BCUT2D eigenvalue weighted by Crippen LogP contribution is 2.32. The quantitative estimate of drug-likeness (QED) is 0.804. The van der Waals surface area contributed by atoms with Crippen molar-refractivity contribution >= 4 is 32.9 Å². The van der Waals surface area contributed by atoms with Crippen molar-refractivity contribution < 1.29 is 14.3 Å². The molecule has 0 fully saturated rings. The molecule has 2 heterocycles. The van der Waals surface area contributed by atoms with Crippen molar-refractivity contribution in [3.63, 3.8) is 0 Å². The van der Waals surface area contributed by atoms with E-state index in [2.05, 4.69) is 15.9 Å². The van der Waals surface area contributed by atoms with Crippen molar-refractivity contribution in [3.05, 3.63) is 34.2 Å². The molecule has 1 amide bonds. The lowest BCUT2D eigenvalue weighted by Crippen LogP contribution is -2.39. The van der Waals surface area contributed by atoms with Gasteiger partial charge in [0.1, 0.15) is 5.82 Å². The van der Waals surface area contributed by atoms with Gasteiger partial charge in [0.2, 0.25) is 0 Å². The Morgan fingerprint density at radius 2 is 2.21 bits per heavy atom. The van der Waals surface area contributed by atoms with Gasteiger partial charge in [0.05, 0.1) is 16.5 Å². The number of aromatic nitrogens is 1. The van der Waals surface area contributed by atoms with Crippen molar-refractivity contribution in [2.75, 3.05) is 6.54 Å². The second-order valence-electron chi connectivity index (χ2n) is 4.84.